The van der Waals surface area contributed by atoms with Crippen molar-refractivity contribution in [3.63, 3.8) is 0 Å². The monoisotopic (exact) mass is 443 g/mol. The second-order valence-electron chi connectivity index (χ2n) is 8.37. The summed E-state index contributed by atoms with van der Waals surface area (Å²) in [5.41, 5.74) is 3.31. The molecular weight excluding hydrogens is 410 g/mol. The molecule has 31 heavy (non-hydrogen) atoms. The van der Waals surface area contributed by atoms with E-state index >= 15 is 0 Å². The van der Waals surface area contributed by atoms with Crippen LogP contribution in [0, 0.1) is 5.92 Å². The van der Waals surface area contributed by atoms with Crippen molar-refractivity contribution in [3.05, 3.63) is 59.7 Å². The lowest BCUT2D eigenvalue weighted by Gasteiger charge is -2.32. The van der Waals surface area contributed by atoms with Crippen LogP contribution in [-0.2, 0) is 10.0 Å². The van der Waals surface area contributed by atoms with E-state index in [4.69, 9.17) is 0 Å². The van der Waals surface area contributed by atoms with Crippen LogP contribution in [0.2, 0.25) is 0 Å². The van der Waals surface area contributed by atoms with Gasteiger partial charge in [-0.25, -0.2) is 8.42 Å². The predicted molar refractivity (Wildman–Crippen MR) is 127 cm³/mol. The van der Waals surface area contributed by atoms with Gasteiger partial charge in [-0.2, -0.15) is 0 Å². The van der Waals surface area contributed by atoms with E-state index in [1.165, 1.54) is 29.9 Å². The second kappa shape index (κ2) is 9.73. The molecule has 1 N–H and O–H groups in total. The molecule has 6 nitrogen and oxygen atoms in total. The quantitative estimate of drug-likeness (QED) is 0.696. The van der Waals surface area contributed by atoms with Crippen LogP contribution in [0.4, 0.5) is 11.4 Å². The molecule has 0 spiro atoms. The first kappa shape index (κ1) is 23.1. The van der Waals surface area contributed by atoms with Crippen molar-refractivity contribution < 1.29 is 13.2 Å². The molecule has 3 rings (SSSR count). The van der Waals surface area contributed by atoms with E-state index in [1.807, 2.05) is 6.92 Å². The first-order valence-electron chi connectivity index (χ1n) is 10.9. The smallest absolute Gasteiger partial charge is 0.251 e. The molecule has 1 saturated heterocycles. The summed E-state index contributed by atoms with van der Waals surface area (Å²) < 4.78 is 25.2. The molecule has 0 aromatic heterocycles. The van der Waals surface area contributed by atoms with Gasteiger partial charge in [-0.1, -0.05) is 19.1 Å². The van der Waals surface area contributed by atoms with Crippen LogP contribution >= 0.6 is 0 Å². The fourth-order valence-corrected chi connectivity index (χ4v) is 4.61. The Balaban J connectivity index is 1.61. The highest BCUT2D eigenvalue weighted by atomic mass is 32.2. The predicted octanol–water partition coefficient (Wildman–Crippen LogP) is 4.20. The Morgan fingerprint density at radius 2 is 1.68 bits per heavy atom. The summed E-state index contributed by atoms with van der Waals surface area (Å²) in [6.07, 6.45) is 2.46. The van der Waals surface area contributed by atoms with Gasteiger partial charge in [0.15, 0.2) is 0 Å². The van der Waals surface area contributed by atoms with Gasteiger partial charge in [0, 0.05) is 31.4 Å². The number of hydrogen-bond acceptors (Lipinski definition) is 4. The summed E-state index contributed by atoms with van der Waals surface area (Å²) >= 11 is 0. The maximum Gasteiger partial charge on any atom is 0.251 e. The van der Waals surface area contributed by atoms with Gasteiger partial charge in [0.25, 0.3) is 5.91 Å². The molecular formula is C24H33N3O3S. The lowest BCUT2D eigenvalue weighted by atomic mass is 9.98. The minimum absolute atomic E-state index is 0.0267. The van der Waals surface area contributed by atoms with Crippen LogP contribution in [0.25, 0.3) is 0 Å². The fraction of sp³-hybridized carbons (Fsp3) is 0.458. The van der Waals surface area contributed by atoms with Crippen molar-refractivity contribution in [1.29, 1.82) is 0 Å². The average molecular weight is 444 g/mol. The summed E-state index contributed by atoms with van der Waals surface area (Å²) in [4.78, 5) is 15.1. The van der Waals surface area contributed by atoms with Crippen molar-refractivity contribution in [1.82, 2.24) is 5.32 Å². The number of carbonyl (C=O) groups is 1. The summed E-state index contributed by atoms with van der Waals surface area (Å²) in [6, 6.07) is 14.9. The van der Waals surface area contributed by atoms with Crippen LogP contribution in [0.3, 0.4) is 0 Å². The highest BCUT2D eigenvalue weighted by Gasteiger charge is 2.18. The standard InChI is InChI=1S/C24H33N3O3S/c1-5-31(29,30)26(4)22-10-8-21(9-11-22)24(28)25-19(3)20-6-12-23(13-7-20)27-16-14-18(2)15-17-27/h6-13,18-19H,5,14-17H2,1-4H3,(H,25,28)/t19-/m0/s1. The minimum atomic E-state index is -3.32. The molecule has 0 saturated carbocycles. The molecule has 1 fully saturated rings. The molecule has 1 aliphatic rings. The van der Waals surface area contributed by atoms with Crippen LogP contribution in [0.5, 0.6) is 0 Å². The topological polar surface area (TPSA) is 69.7 Å². The van der Waals surface area contributed by atoms with Crippen molar-refractivity contribution in [2.75, 3.05) is 35.1 Å². The van der Waals surface area contributed by atoms with Gasteiger partial charge in [0.2, 0.25) is 10.0 Å². The van der Waals surface area contributed by atoms with Gasteiger partial charge in [-0.3, -0.25) is 9.10 Å². The van der Waals surface area contributed by atoms with Crippen molar-refractivity contribution in [2.45, 2.75) is 39.7 Å². The molecule has 1 amide bonds. The van der Waals surface area contributed by atoms with E-state index in [-0.39, 0.29) is 17.7 Å². The average Bonchev–Trinajstić information content (AvgIpc) is 2.79. The molecule has 2 aromatic carbocycles. The summed E-state index contributed by atoms with van der Waals surface area (Å²) in [6.45, 7) is 8.07. The molecule has 0 unspecified atom stereocenters. The number of amides is 1. The van der Waals surface area contributed by atoms with E-state index in [0.29, 0.717) is 11.3 Å². The highest BCUT2D eigenvalue weighted by molar-refractivity contribution is 7.92. The Morgan fingerprint density at radius 3 is 2.23 bits per heavy atom. The normalized spacial score (nSPS) is 16.1. The zero-order valence-corrected chi connectivity index (χ0v) is 19.7. The van der Waals surface area contributed by atoms with Crippen LogP contribution in [-0.4, -0.2) is 40.2 Å². The molecule has 0 bridgehead atoms. The molecule has 0 aliphatic carbocycles. The maximum absolute atomic E-state index is 12.7. The molecule has 1 aliphatic heterocycles. The molecule has 1 atom stereocenters. The Kier molecular flexibility index (Phi) is 7.26. The number of anilines is 2. The van der Waals surface area contributed by atoms with E-state index in [1.54, 1.807) is 31.2 Å². The second-order valence-corrected chi connectivity index (χ2v) is 10.7. The summed E-state index contributed by atoms with van der Waals surface area (Å²) in [5, 5.41) is 3.02. The lowest BCUT2D eigenvalue weighted by molar-refractivity contribution is 0.0940. The van der Waals surface area contributed by atoms with Crippen molar-refractivity contribution in [3.8, 4) is 0 Å². The third-order valence-electron chi connectivity index (χ3n) is 6.16. The van der Waals surface area contributed by atoms with Crippen molar-refractivity contribution in [2.24, 2.45) is 5.92 Å². The lowest BCUT2D eigenvalue weighted by Crippen LogP contribution is -2.32. The number of benzene rings is 2. The summed E-state index contributed by atoms with van der Waals surface area (Å²) in [7, 11) is -1.81. The molecule has 2 aromatic rings. The zero-order valence-electron chi connectivity index (χ0n) is 18.8. The Bertz CT molecular complexity index is 980. The largest absolute Gasteiger partial charge is 0.372 e. The van der Waals surface area contributed by atoms with Gasteiger partial charge in [0.05, 0.1) is 17.5 Å². The van der Waals surface area contributed by atoms with E-state index < -0.39 is 10.0 Å². The van der Waals surface area contributed by atoms with Gasteiger partial charge in [-0.05, 0) is 74.6 Å². The Morgan fingerprint density at radius 1 is 1.10 bits per heavy atom. The third kappa shape index (κ3) is 5.58. The maximum atomic E-state index is 12.7. The molecule has 168 valence electrons. The Labute approximate surface area is 186 Å². The number of hydrogen-bond donors (Lipinski definition) is 1. The first-order chi connectivity index (χ1) is 14.7. The number of nitrogens with zero attached hydrogens (tertiary/aromatic N) is 2. The minimum Gasteiger partial charge on any atom is -0.372 e. The SMILES string of the molecule is CCS(=O)(=O)N(C)c1ccc(C(=O)N[C@@H](C)c2ccc(N3CCC(C)CC3)cc2)cc1. The molecule has 0 radical (unpaired) electrons. The van der Waals surface area contributed by atoms with E-state index in [0.717, 1.165) is 24.6 Å². The van der Waals surface area contributed by atoms with Crippen LogP contribution in [0.15, 0.2) is 48.5 Å². The zero-order chi connectivity index (χ0) is 22.6. The number of nitrogens with one attached hydrogen (secondary N) is 1. The number of sulfonamides is 1. The number of rotatable bonds is 7. The summed E-state index contributed by atoms with van der Waals surface area (Å²) in [5.74, 6) is 0.643. The third-order valence-corrected chi connectivity index (χ3v) is 7.94. The first-order valence-corrected chi connectivity index (χ1v) is 12.5. The van der Waals surface area contributed by atoms with Gasteiger partial charge in [0.1, 0.15) is 0 Å². The highest BCUT2D eigenvalue weighted by Crippen LogP contribution is 2.25. The molecule has 1 heterocycles. The van der Waals surface area contributed by atoms with E-state index in [2.05, 4.69) is 41.4 Å². The van der Waals surface area contributed by atoms with Gasteiger partial charge >= 0.3 is 0 Å². The number of carbonyl (C=O) groups excluding carboxylic acids is 1. The Hall–Kier alpha value is -2.54. The van der Waals surface area contributed by atoms with Crippen LogP contribution in [0.1, 0.15) is 55.6 Å². The van der Waals surface area contributed by atoms with E-state index in [9.17, 15) is 13.2 Å². The van der Waals surface area contributed by atoms with Crippen LogP contribution < -0.4 is 14.5 Å². The fourth-order valence-electron chi connectivity index (χ4n) is 3.78. The van der Waals surface area contributed by atoms with Crippen molar-refractivity contribution >= 4 is 27.3 Å². The molecule has 7 heteroatoms. The number of piperidine rings is 1. The van der Waals surface area contributed by atoms with Gasteiger partial charge < -0.3 is 10.2 Å². The van der Waals surface area contributed by atoms with Gasteiger partial charge in [-0.15, -0.1) is 0 Å².